The van der Waals surface area contributed by atoms with Gasteiger partial charge in [0, 0.05) is 6.54 Å². The van der Waals surface area contributed by atoms with Crippen LogP contribution in [0.3, 0.4) is 0 Å². The Bertz CT molecular complexity index is 961. The van der Waals surface area contributed by atoms with E-state index < -0.39 is 14.6 Å². The Morgan fingerprint density at radius 3 is 2.24 bits per heavy atom. The quantitative estimate of drug-likeness (QED) is 0.473. The Labute approximate surface area is 206 Å². The van der Waals surface area contributed by atoms with Crippen molar-refractivity contribution < 1.29 is 18.7 Å². The molecule has 1 aliphatic rings. The Morgan fingerprint density at radius 2 is 1.65 bits per heavy atom. The Kier molecular flexibility index (Phi) is 8.39. The number of carbonyl (C=O) groups is 1. The molecule has 2 aromatic rings. The van der Waals surface area contributed by atoms with Gasteiger partial charge in [0.15, 0.2) is 0 Å². The van der Waals surface area contributed by atoms with E-state index in [2.05, 4.69) is 63.7 Å². The van der Waals surface area contributed by atoms with Crippen molar-refractivity contribution in [1.29, 1.82) is 0 Å². The summed E-state index contributed by atoms with van der Waals surface area (Å²) in [6.45, 7) is 17.9. The number of hydrogen-bond donors (Lipinski definition) is 0. The van der Waals surface area contributed by atoms with Crippen LogP contribution < -0.4 is 10.4 Å². The summed E-state index contributed by atoms with van der Waals surface area (Å²) in [4.78, 5) is 14.4. The maximum absolute atomic E-state index is 12.7. The molecule has 0 aromatic heterocycles. The number of ether oxygens (including phenoxy) is 2. The first-order chi connectivity index (χ1) is 15.9. The van der Waals surface area contributed by atoms with Gasteiger partial charge in [-0.25, -0.2) is 4.79 Å². The normalized spacial score (nSPS) is 17.6. The van der Waals surface area contributed by atoms with Gasteiger partial charge in [0.1, 0.15) is 5.60 Å². The van der Waals surface area contributed by atoms with E-state index in [9.17, 15) is 4.79 Å². The predicted octanol–water partition coefficient (Wildman–Crippen LogP) is 4.30. The molecule has 1 aliphatic heterocycles. The van der Waals surface area contributed by atoms with Crippen molar-refractivity contribution in [2.24, 2.45) is 0 Å². The summed E-state index contributed by atoms with van der Waals surface area (Å²) in [5, 5.41) is 2.37. The third-order valence-corrected chi connectivity index (χ3v) is 7.65. The summed E-state index contributed by atoms with van der Waals surface area (Å²) in [6.07, 6.45) is -0.611. The Balaban J connectivity index is 1.76. The lowest BCUT2D eigenvalue weighted by molar-refractivity contribution is 0.00388. The number of rotatable bonds is 5. The van der Waals surface area contributed by atoms with Crippen molar-refractivity contribution in [2.45, 2.75) is 58.7 Å². The van der Waals surface area contributed by atoms with Crippen molar-refractivity contribution >= 4 is 25.5 Å². The second-order valence-corrected chi connectivity index (χ2v) is 13.0. The molecule has 0 spiro atoms. The summed E-state index contributed by atoms with van der Waals surface area (Å²) < 4.78 is 18.2. The van der Waals surface area contributed by atoms with Gasteiger partial charge >= 0.3 is 6.09 Å². The lowest BCUT2D eigenvalue weighted by Crippen LogP contribution is -2.48. The lowest BCUT2D eigenvalue weighted by atomic mass is 9.87. The largest absolute Gasteiger partial charge is 0.444 e. The van der Waals surface area contributed by atoms with Gasteiger partial charge in [-0.2, -0.15) is 0 Å². The summed E-state index contributed by atoms with van der Waals surface area (Å²) >= 11 is 0. The van der Waals surface area contributed by atoms with Crippen LogP contribution in [0.4, 0.5) is 4.79 Å². The van der Waals surface area contributed by atoms with E-state index in [-0.39, 0.29) is 17.6 Å². The van der Waals surface area contributed by atoms with Crippen LogP contribution in [-0.4, -0.2) is 58.0 Å². The van der Waals surface area contributed by atoms with Gasteiger partial charge < -0.3 is 18.8 Å². The molecule has 1 radical (unpaired) electrons. The highest BCUT2D eigenvalue weighted by atomic mass is 28.3. The molecule has 1 fully saturated rings. The molecule has 34 heavy (non-hydrogen) atoms. The summed E-state index contributed by atoms with van der Waals surface area (Å²) in [7, 11) is -1.49. The van der Waals surface area contributed by atoms with Crippen LogP contribution >= 0.6 is 0 Å². The molecule has 1 amide bonds. The fourth-order valence-electron chi connectivity index (χ4n) is 3.70. The van der Waals surface area contributed by atoms with Crippen LogP contribution in [-0.2, 0) is 19.3 Å². The van der Waals surface area contributed by atoms with E-state index in [1.54, 1.807) is 4.90 Å². The fourth-order valence-corrected chi connectivity index (χ4v) is 5.69. The van der Waals surface area contributed by atoms with Crippen molar-refractivity contribution in [3.05, 3.63) is 72.3 Å². The van der Waals surface area contributed by atoms with E-state index in [0.29, 0.717) is 26.3 Å². The molecule has 1 atom stereocenters. The standard InChI is InChI=1S/C28H38NO4Si/c1-21-17-29(26(30)33-28(5,6)7)18-23(31-19-21)20-32-34(24-11-9-8-10-12-24)25-15-13-22(14-16-25)27(2,3)4/h8-16,23H,1,17-20H2,2-7H3. The van der Waals surface area contributed by atoms with Gasteiger partial charge in [0.25, 0.3) is 9.04 Å². The third-order valence-electron chi connectivity index (χ3n) is 5.48. The SMILES string of the molecule is C=C1COC(CO[Si](c2ccccc2)c2ccc(C(C)(C)C)cc2)CN(C(=O)OC(C)(C)C)C1. The van der Waals surface area contributed by atoms with Crippen molar-refractivity contribution in [3.63, 3.8) is 0 Å². The Morgan fingerprint density at radius 1 is 1.03 bits per heavy atom. The van der Waals surface area contributed by atoms with E-state index in [0.717, 1.165) is 5.57 Å². The molecule has 183 valence electrons. The maximum Gasteiger partial charge on any atom is 0.410 e. The maximum atomic E-state index is 12.7. The molecule has 1 heterocycles. The third kappa shape index (κ3) is 7.55. The first-order valence-corrected chi connectivity index (χ1v) is 13.3. The smallest absolute Gasteiger partial charge is 0.410 e. The molecular weight excluding hydrogens is 442 g/mol. The molecular formula is C28H38NO4Si. The highest BCUT2D eigenvalue weighted by Crippen LogP contribution is 2.21. The van der Waals surface area contributed by atoms with Crippen LogP contribution in [0.25, 0.3) is 0 Å². The van der Waals surface area contributed by atoms with Crippen LogP contribution in [0, 0.1) is 0 Å². The second-order valence-electron chi connectivity index (χ2n) is 10.9. The number of carbonyl (C=O) groups excluding carboxylic acids is 1. The molecule has 0 aliphatic carbocycles. The first kappa shape index (κ1) is 26.2. The van der Waals surface area contributed by atoms with Crippen LogP contribution in [0.5, 0.6) is 0 Å². The first-order valence-electron chi connectivity index (χ1n) is 11.8. The monoisotopic (exact) mass is 480 g/mol. The number of hydrogen-bond acceptors (Lipinski definition) is 4. The van der Waals surface area contributed by atoms with Crippen LogP contribution in [0.15, 0.2) is 66.7 Å². The zero-order valence-corrected chi connectivity index (χ0v) is 22.4. The van der Waals surface area contributed by atoms with Crippen LogP contribution in [0.2, 0.25) is 0 Å². The zero-order valence-electron chi connectivity index (χ0n) is 21.4. The number of benzene rings is 2. The van der Waals surface area contributed by atoms with Gasteiger partial charge in [0.2, 0.25) is 0 Å². The summed E-state index contributed by atoms with van der Waals surface area (Å²) in [5.41, 5.74) is 1.69. The van der Waals surface area contributed by atoms with Crippen LogP contribution in [0.1, 0.15) is 47.1 Å². The van der Waals surface area contributed by atoms with Crippen molar-refractivity contribution in [1.82, 2.24) is 4.90 Å². The zero-order chi connectivity index (χ0) is 24.9. The average molecular weight is 481 g/mol. The molecule has 0 N–H and O–H groups in total. The number of amides is 1. The van der Waals surface area contributed by atoms with Gasteiger partial charge in [-0.3, -0.25) is 0 Å². The summed E-state index contributed by atoms with van der Waals surface area (Å²) in [6, 6.07) is 19.1. The van der Waals surface area contributed by atoms with Crippen molar-refractivity contribution in [3.8, 4) is 0 Å². The topological polar surface area (TPSA) is 48.0 Å². The average Bonchev–Trinajstić information content (AvgIpc) is 2.95. The van der Waals surface area contributed by atoms with Gasteiger partial charge in [-0.05, 0) is 47.7 Å². The lowest BCUT2D eigenvalue weighted by Gasteiger charge is -2.28. The van der Waals surface area contributed by atoms with E-state index in [1.807, 2.05) is 39.0 Å². The molecule has 5 nitrogen and oxygen atoms in total. The number of nitrogens with zero attached hydrogens (tertiary/aromatic N) is 1. The minimum atomic E-state index is -1.49. The molecule has 0 bridgehead atoms. The minimum Gasteiger partial charge on any atom is -0.444 e. The van der Waals surface area contributed by atoms with Crippen molar-refractivity contribution in [2.75, 3.05) is 26.3 Å². The van der Waals surface area contributed by atoms with E-state index in [1.165, 1.54) is 15.9 Å². The second kappa shape index (κ2) is 10.9. The predicted molar refractivity (Wildman–Crippen MR) is 139 cm³/mol. The Hall–Kier alpha value is -2.41. The molecule has 1 unspecified atom stereocenters. The molecule has 1 saturated heterocycles. The molecule has 6 heteroatoms. The highest BCUT2D eigenvalue weighted by molar-refractivity contribution is 6.80. The minimum absolute atomic E-state index is 0.0980. The highest BCUT2D eigenvalue weighted by Gasteiger charge is 2.29. The van der Waals surface area contributed by atoms with Gasteiger partial charge in [-0.15, -0.1) is 0 Å². The van der Waals surface area contributed by atoms with Gasteiger partial charge in [0.05, 0.1) is 25.9 Å². The van der Waals surface area contributed by atoms with Gasteiger partial charge in [-0.1, -0.05) is 81.9 Å². The molecule has 2 aromatic carbocycles. The fraction of sp³-hybridized carbons (Fsp3) is 0.464. The van der Waals surface area contributed by atoms with E-state index in [4.69, 9.17) is 13.9 Å². The summed E-state index contributed by atoms with van der Waals surface area (Å²) in [5.74, 6) is 0. The molecule has 0 saturated carbocycles. The molecule has 3 rings (SSSR count). The van der Waals surface area contributed by atoms with E-state index >= 15 is 0 Å².